The molecule has 11 heteroatoms. The van der Waals surface area contributed by atoms with Gasteiger partial charge in [-0.1, -0.05) is 0 Å². The van der Waals surface area contributed by atoms with Crippen molar-refractivity contribution in [3.63, 3.8) is 0 Å². The number of hydrogen-bond acceptors (Lipinski definition) is 8. The molecule has 1 aliphatic rings. The maximum absolute atomic E-state index is 11.8. The van der Waals surface area contributed by atoms with Crippen LogP contribution in [0.2, 0.25) is 0 Å². The molecule has 32 heavy (non-hydrogen) atoms. The van der Waals surface area contributed by atoms with Crippen molar-refractivity contribution in [3.05, 3.63) is 54.5 Å². The molecule has 168 valence electrons. The number of carbonyl (C=O) groups excluding carboxylic acids is 2. The van der Waals surface area contributed by atoms with Crippen LogP contribution in [0.1, 0.15) is 12.1 Å². The molecule has 3 aromatic rings. The monoisotopic (exact) mass is 459 g/mol. The second-order valence-electron chi connectivity index (χ2n) is 7.04. The molecule has 3 heterocycles. The van der Waals surface area contributed by atoms with Crippen LogP contribution in [0.5, 0.6) is 5.75 Å². The Labute approximate surface area is 184 Å². The summed E-state index contributed by atoms with van der Waals surface area (Å²) >= 11 is 0. The van der Waals surface area contributed by atoms with E-state index in [4.69, 9.17) is 13.7 Å². The van der Waals surface area contributed by atoms with Crippen LogP contribution in [0.25, 0.3) is 22.8 Å². The Morgan fingerprint density at radius 2 is 1.84 bits per heavy atom. The van der Waals surface area contributed by atoms with Crippen LogP contribution in [0.15, 0.2) is 53.2 Å². The molecule has 0 aliphatic carbocycles. The third kappa shape index (κ3) is 6.46. The third-order valence-corrected chi connectivity index (χ3v) is 4.46. The lowest BCUT2D eigenvalue weighted by Gasteiger charge is -2.06. The third-order valence-electron chi connectivity index (χ3n) is 4.46. The second kappa shape index (κ2) is 9.71. The van der Waals surface area contributed by atoms with Crippen LogP contribution in [-0.4, -0.2) is 48.1 Å². The summed E-state index contributed by atoms with van der Waals surface area (Å²) in [6.45, 7) is 0. The number of carbonyl (C=O) groups is 2. The lowest BCUT2D eigenvalue weighted by Crippen LogP contribution is -2.23. The van der Waals surface area contributed by atoms with Crippen molar-refractivity contribution in [2.75, 3.05) is 13.4 Å². The SMILES string of the molecule is COc1ccc(-c2cnc(-c3ccnc(CC4CC(=O)NC4=O)c3)o2)cc1.CS(=O)(=O)O. The zero-order valence-corrected chi connectivity index (χ0v) is 18.1. The number of ether oxygens (including phenoxy) is 1. The molecule has 0 spiro atoms. The van der Waals surface area contributed by atoms with Gasteiger partial charge in [0, 0.05) is 35.9 Å². The van der Waals surface area contributed by atoms with Gasteiger partial charge in [0.1, 0.15) is 5.75 Å². The number of methoxy groups -OCH3 is 1. The van der Waals surface area contributed by atoms with Gasteiger partial charge in [-0.2, -0.15) is 8.42 Å². The van der Waals surface area contributed by atoms with Gasteiger partial charge in [-0.3, -0.25) is 24.4 Å². The first-order valence-corrected chi connectivity index (χ1v) is 11.3. The van der Waals surface area contributed by atoms with Gasteiger partial charge in [-0.25, -0.2) is 4.98 Å². The Bertz CT molecular complexity index is 1210. The number of oxazole rings is 1. The number of rotatable bonds is 5. The normalized spacial score (nSPS) is 15.7. The highest BCUT2D eigenvalue weighted by molar-refractivity contribution is 7.85. The fourth-order valence-electron chi connectivity index (χ4n) is 3.04. The van der Waals surface area contributed by atoms with Gasteiger partial charge >= 0.3 is 0 Å². The van der Waals surface area contributed by atoms with E-state index in [9.17, 15) is 18.0 Å². The van der Waals surface area contributed by atoms with Crippen molar-refractivity contribution in [1.29, 1.82) is 0 Å². The summed E-state index contributed by atoms with van der Waals surface area (Å²) in [5, 5.41) is 2.32. The first-order valence-electron chi connectivity index (χ1n) is 9.44. The molecule has 0 saturated carbocycles. The van der Waals surface area contributed by atoms with Crippen molar-refractivity contribution >= 4 is 21.9 Å². The molecule has 1 fully saturated rings. The molecule has 2 amide bonds. The number of nitrogens with one attached hydrogen (secondary N) is 1. The number of benzene rings is 1. The minimum atomic E-state index is -3.67. The highest BCUT2D eigenvalue weighted by Gasteiger charge is 2.30. The van der Waals surface area contributed by atoms with E-state index in [0.29, 0.717) is 30.0 Å². The van der Waals surface area contributed by atoms with E-state index in [1.54, 1.807) is 25.6 Å². The van der Waals surface area contributed by atoms with Gasteiger partial charge in [0.2, 0.25) is 17.7 Å². The molecule has 2 aromatic heterocycles. The molecule has 2 N–H and O–H groups in total. The van der Waals surface area contributed by atoms with Gasteiger partial charge in [0.05, 0.1) is 25.5 Å². The lowest BCUT2D eigenvalue weighted by atomic mass is 10.0. The maximum Gasteiger partial charge on any atom is 0.261 e. The maximum atomic E-state index is 11.8. The van der Waals surface area contributed by atoms with Crippen LogP contribution in [-0.2, 0) is 26.1 Å². The topological polar surface area (TPSA) is 149 Å². The summed E-state index contributed by atoms with van der Waals surface area (Å²) in [5.41, 5.74) is 2.38. The second-order valence-corrected chi connectivity index (χ2v) is 8.51. The Balaban J connectivity index is 0.000000523. The zero-order valence-electron chi connectivity index (χ0n) is 17.3. The molecule has 0 bridgehead atoms. The zero-order chi connectivity index (χ0) is 23.3. The molecule has 1 aliphatic heterocycles. The standard InChI is InChI=1S/C20H17N3O4.CH4O3S/c1-26-16-4-2-12(3-5-16)17-11-22-20(27-17)13-6-7-21-15(8-13)9-14-10-18(24)23-19(14)25;1-5(2,3)4/h2-8,11,14H,9-10H2,1H3,(H,23,24,25);1H3,(H,2,3,4). The molecule has 1 saturated heterocycles. The summed E-state index contributed by atoms with van der Waals surface area (Å²) in [4.78, 5) is 31.7. The average Bonchev–Trinajstić information content (AvgIpc) is 3.34. The van der Waals surface area contributed by atoms with Crippen molar-refractivity contribution < 1.29 is 31.7 Å². The number of imide groups is 1. The molecule has 10 nitrogen and oxygen atoms in total. The highest BCUT2D eigenvalue weighted by Crippen LogP contribution is 2.28. The minimum absolute atomic E-state index is 0.200. The Morgan fingerprint density at radius 1 is 1.16 bits per heavy atom. The molecule has 1 atom stereocenters. The largest absolute Gasteiger partial charge is 0.497 e. The Kier molecular flexibility index (Phi) is 7.01. The molecular weight excluding hydrogens is 438 g/mol. The fraction of sp³-hybridized carbons (Fsp3) is 0.238. The summed E-state index contributed by atoms with van der Waals surface area (Å²) in [7, 11) is -2.05. The van der Waals surface area contributed by atoms with Crippen molar-refractivity contribution in [2.24, 2.45) is 5.92 Å². The van der Waals surface area contributed by atoms with Crippen LogP contribution in [0.4, 0.5) is 0 Å². The number of amides is 2. The lowest BCUT2D eigenvalue weighted by molar-refractivity contribution is -0.125. The van der Waals surface area contributed by atoms with E-state index in [-0.39, 0.29) is 24.2 Å². The van der Waals surface area contributed by atoms with E-state index in [2.05, 4.69) is 15.3 Å². The Morgan fingerprint density at radius 3 is 2.44 bits per heavy atom. The van der Waals surface area contributed by atoms with Crippen molar-refractivity contribution in [1.82, 2.24) is 15.3 Å². The molecular formula is C21H21N3O7S. The summed E-state index contributed by atoms with van der Waals surface area (Å²) in [6.07, 6.45) is 4.63. The van der Waals surface area contributed by atoms with Gasteiger partial charge in [-0.15, -0.1) is 0 Å². The summed E-state index contributed by atoms with van der Waals surface area (Å²) in [6, 6.07) is 11.1. The van der Waals surface area contributed by atoms with Crippen LogP contribution < -0.4 is 10.1 Å². The summed E-state index contributed by atoms with van der Waals surface area (Å²) < 4.78 is 36.9. The van der Waals surface area contributed by atoms with Gasteiger partial charge in [-0.05, 0) is 36.4 Å². The highest BCUT2D eigenvalue weighted by atomic mass is 32.2. The fourth-order valence-corrected chi connectivity index (χ4v) is 3.04. The van der Waals surface area contributed by atoms with Crippen LogP contribution in [0.3, 0.4) is 0 Å². The van der Waals surface area contributed by atoms with E-state index in [0.717, 1.165) is 16.9 Å². The first-order chi connectivity index (χ1) is 15.1. The average molecular weight is 459 g/mol. The predicted octanol–water partition coefficient (Wildman–Crippen LogP) is 2.12. The van der Waals surface area contributed by atoms with Gasteiger partial charge < -0.3 is 9.15 Å². The minimum Gasteiger partial charge on any atom is -0.497 e. The number of hydrogen-bond donors (Lipinski definition) is 2. The Hall–Kier alpha value is -3.57. The number of aromatic nitrogens is 2. The first kappa shape index (κ1) is 23.1. The molecule has 1 unspecified atom stereocenters. The van der Waals surface area contributed by atoms with E-state index < -0.39 is 10.1 Å². The van der Waals surface area contributed by atoms with Crippen LogP contribution >= 0.6 is 0 Å². The van der Waals surface area contributed by atoms with Gasteiger partial charge in [0.25, 0.3) is 10.1 Å². The number of pyridine rings is 1. The smallest absolute Gasteiger partial charge is 0.261 e. The van der Waals surface area contributed by atoms with Crippen molar-refractivity contribution in [3.8, 4) is 28.5 Å². The molecule has 4 rings (SSSR count). The van der Waals surface area contributed by atoms with Crippen LogP contribution in [0, 0.1) is 5.92 Å². The molecule has 0 radical (unpaired) electrons. The number of nitrogens with zero attached hydrogens (tertiary/aromatic N) is 2. The van der Waals surface area contributed by atoms with E-state index in [1.807, 2.05) is 30.3 Å². The molecule has 1 aromatic carbocycles. The van der Waals surface area contributed by atoms with E-state index >= 15 is 0 Å². The van der Waals surface area contributed by atoms with E-state index in [1.165, 1.54) is 0 Å². The summed E-state index contributed by atoms with van der Waals surface area (Å²) in [5.74, 6) is 1.03. The van der Waals surface area contributed by atoms with Gasteiger partial charge in [0.15, 0.2) is 5.76 Å². The van der Waals surface area contributed by atoms with Crippen molar-refractivity contribution in [2.45, 2.75) is 12.8 Å². The predicted molar refractivity (Wildman–Crippen MR) is 114 cm³/mol. The quantitative estimate of drug-likeness (QED) is 0.432.